The topological polar surface area (TPSA) is 36.4 Å². The van der Waals surface area contributed by atoms with Crippen molar-refractivity contribution in [2.45, 2.75) is 19.9 Å². The van der Waals surface area contributed by atoms with Gasteiger partial charge < -0.3 is 10.6 Å². The molecule has 0 heterocycles. The predicted molar refractivity (Wildman–Crippen MR) is 90.4 cm³/mol. The van der Waals surface area contributed by atoms with Crippen LogP contribution in [0.4, 0.5) is 0 Å². The summed E-state index contributed by atoms with van der Waals surface area (Å²) in [6, 6.07) is 5.47. The summed E-state index contributed by atoms with van der Waals surface area (Å²) in [5.74, 6) is 0.776. The molecule has 0 radical (unpaired) electrons. The van der Waals surface area contributed by atoms with Gasteiger partial charge in [-0.15, -0.1) is 24.0 Å². The van der Waals surface area contributed by atoms with E-state index in [0.717, 1.165) is 24.5 Å². The lowest BCUT2D eigenvalue weighted by atomic mass is 10.2. The zero-order chi connectivity index (χ0) is 12.7. The number of nitrogens with one attached hydrogen (secondary N) is 2. The van der Waals surface area contributed by atoms with E-state index in [1.807, 2.05) is 12.1 Å². The van der Waals surface area contributed by atoms with Crippen molar-refractivity contribution < 1.29 is 0 Å². The summed E-state index contributed by atoms with van der Waals surface area (Å²) in [6.07, 6.45) is 1.06. The summed E-state index contributed by atoms with van der Waals surface area (Å²) in [5.41, 5.74) is 0.996. The molecule has 0 amide bonds. The van der Waals surface area contributed by atoms with Crippen LogP contribution in [-0.2, 0) is 6.54 Å². The molecule has 1 aromatic rings. The van der Waals surface area contributed by atoms with Crippen LogP contribution < -0.4 is 10.6 Å². The van der Waals surface area contributed by atoms with E-state index in [1.54, 1.807) is 13.1 Å². The summed E-state index contributed by atoms with van der Waals surface area (Å²) in [6.45, 7) is 3.63. The number of benzene rings is 1. The van der Waals surface area contributed by atoms with Gasteiger partial charge >= 0.3 is 0 Å². The number of nitrogens with zero attached hydrogens (tertiary/aromatic N) is 1. The van der Waals surface area contributed by atoms with Gasteiger partial charge in [-0.3, -0.25) is 4.99 Å². The number of guanidine groups is 1. The summed E-state index contributed by atoms with van der Waals surface area (Å²) in [7, 11) is 1.74. The van der Waals surface area contributed by atoms with Crippen LogP contribution in [0.3, 0.4) is 0 Å². The fourth-order valence-corrected chi connectivity index (χ4v) is 1.78. The summed E-state index contributed by atoms with van der Waals surface area (Å²) in [4.78, 5) is 4.11. The van der Waals surface area contributed by atoms with E-state index in [2.05, 4.69) is 22.5 Å². The van der Waals surface area contributed by atoms with Gasteiger partial charge in [-0.25, -0.2) is 0 Å². The highest BCUT2D eigenvalue weighted by Crippen LogP contribution is 2.20. The van der Waals surface area contributed by atoms with Gasteiger partial charge in [0.05, 0.1) is 0 Å². The average Bonchev–Trinajstić information content (AvgIpc) is 2.31. The maximum absolute atomic E-state index is 6.08. The van der Waals surface area contributed by atoms with Gasteiger partial charge in [-0.1, -0.05) is 36.2 Å². The molecular formula is C12H18Cl2IN3. The third-order valence-corrected chi connectivity index (χ3v) is 2.81. The number of aliphatic imine (C=N–C) groups is 1. The van der Waals surface area contributed by atoms with Crippen molar-refractivity contribution >= 4 is 53.1 Å². The Morgan fingerprint density at radius 3 is 2.56 bits per heavy atom. The molecule has 0 spiro atoms. The fourth-order valence-electron chi connectivity index (χ4n) is 1.31. The number of hydrogen-bond donors (Lipinski definition) is 2. The first-order valence-electron chi connectivity index (χ1n) is 5.55. The molecule has 0 saturated carbocycles. The minimum atomic E-state index is 0. The Bertz CT molecular complexity index is 397. The van der Waals surface area contributed by atoms with Crippen molar-refractivity contribution in [3.05, 3.63) is 33.8 Å². The van der Waals surface area contributed by atoms with Crippen molar-refractivity contribution in [1.82, 2.24) is 10.6 Å². The van der Waals surface area contributed by atoms with Crippen LogP contribution in [-0.4, -0.2) is 19.6 Å². The second-order valence-electron chi connectivity index (χ2n) is 3.59. The molecule has 0 fully saturated rings. The smallest absolute Gasteiger partial charge is 0.191 e. The molecule has 3 nitrogen and oxygen atoms in total. The molecule has 0 aliphatic carbocycles. The Morgan fingerprint density at radius 2 is 2.00 bits per heavy atom. The second-order valence-corrected chi connectivity index (χ2v) is 4.43. The molecule has 0 aliphatic heterocycles. The Balaban J connectivity index is 0.00000289. The molecule has 6 heteroatoms. The van der Waals surface area contributed by atoms with Crippen LogP contribution in [0.25, 0.3) is 0 Å². The summed E-state index contributed by atoms with van der Waals surface area (Å²) >= 11 is 11.9. The van der Waals surface area contributed by atoms with Gasteiger partial charge in [-0.05, 0) is 24.1 Å². The Morgan fingerprint density at radius 1 is 1.28 bits per heavy atom. The molecule has 2 N–H and O–H groups in total. The lowest BCUT2D eigenvalue weighted by Gasteiger charge is -2.12. The van der Waals surface area contributed by atoms with Crippen molar-refractivity contribution in [2.75, 3.05) is 13.6 Å². The Labute approximate surface area is 135 Å². The van der Waals surface area contributed by atoms with Crippen LogP contribution in [0.1, 0.15) is 18.9 Å². The molecule has 1 aromatic carbocycles. The van der Waals surface area contributed by atoms with Gasteiger partial charge in [0.2, 0.25) is 0 Å². The van der Waals surface area contributed by atoms with Crippen LogP contribution in [0.5, 0.6) is 0 Å². The minimum absolute atomic E-state index is 0. The third kappa shape index (κ3) is 6.11. The van der Waals surface area contributed by atoms with Crippen LogP contribution in [0.15, 0.2) is 23.2 Å². The molecule has 0 atom stereocenters. The molecule has 0 bridgehead atoms. The molecule has 0 aromatic heterocycles. The van der Waals surface area contributed by atoms with E-state index in [0.29, 0.717) is 16.6 Å². The van der Waals surface area contributed by atoms with E-state index in [4.69, 9.17) is 23.2 Å². The molecule has 1 rings (SSSR count). The first-order chi connectivity index (χ1) is 8.17. The molecule has 0 saturated heterocycles. The zero-order valence-corrected chi connectivity index (χ0v) is 14.3. The van der Waals surface area contributed by atoms with Gasteiger partial charge in [0, 0.05) is 30.2 Å². The standard InChI is InChI=1S/C12H17Cl2N3.HI/c1-3-6-16-12(15-2)17-8-9-4-5-10(13)7-11(9)14;/h4-5,7H,3,6,8H2,1-2H3,(H2,15,16,17);1H. The highest BCUT2D eigenvalue weighted by atomic mass is 127. The predicted octanol–water partition coefficient (Wildman–Crippen LogP) is 3.69. The zero-order valence-electron chi connectivity index (χ0n) is 10.5. The van der Waals surface area contributed by atoms with E-state index < -0.39 is 0 Å². The maximum Gasteiger partial charge on any atom is 0.191 e. The Kier molecular flexibility index (Phi) is 9.59. The number of halogens is 3. The molecule has 0 aliphatic rings. The summed E-state index contributed by atoms with van der Waals surface area (Å²) in [5, 5.41) is 7.69. The molecule has 18 heavy (non-hydrogen) atoms. The number of hydrogen-bond acceptors (Lipinski definition) is 1. The van der Waals surface area contributed by atoms with Crippen LogP contribution in [0.2, 0.25) is 10.0 Å². The van der Waals surface area contributed by atoms with E-state index in [-0.39, 0.29) is 24.0 Å². The van der Waals surface area contributed by atoms with Crippen LogP contribution >= 0.6 is 47.2 Å². The highest BCUT2D eigenvalue weighted by molar-refractivity contribution is 14.0. The van der Waals surface area contributed by atoms with Gasteiger partial charge in [-0.2, -0.15) is 0 Å². The first kappa shape index (κ1) is 17.8. The highest BCUT2D eigenvalue weighted by Gasteiger charge is 2.02. The van der Waals surface area contributed by atoms with E-state index in [9.17, 15) is 0 Å². The second kappa shape index (κ2) is 9.69. The largest absolute Gasteiger partial charge is 0.356 e. The quantitative estimate of drug-likeness (QED) is 0.458. The average molecular weight is 402 g/mol. The molecule has 0 unspecified atom stereocenters. The maximum atomic E-state index is 6.08. The van der Waals surface area contributed by atoms with Crippen molar-refractivity contribution in [3.63, 3.8) is 0 Å². The Hall–Kier alpha value is -0.200. The number of rotatable bonds is 4. The lowest BCUT2D eigenvalue weighted by Crippen LogP contribution is -2.37. The van der Waals surface area contributed by atoms with E-state index in [1.165, 1.54) is 0 Å². The summed E-state index contributed by atoms with van der Waals surface area (Å²) < 4.78 is 0. The molecule has 102 valence electrons. The minimum Gasteiger partial charge on any atom is -0.356 e. The van der Waals surface area contributed by atoms with Crippen molar-refractivity contribution in [3.8, 4) is 0 Å². The SMILES string of the molecule is CCCNC(=NC)NCc1ccc(Cl)cc1Cl.I. The third-order valence-electron chi connectivity index (χ3n) is 2.23. The fraction of sp³-hybridized carbons (Fsp3) is 0.417. The van der Waals surface area contributed by atoms with Crippen molar-refractivity contribution in [2.24, 2.45) is 4.99 Å². The van der Waals surface area contributed by atoms with Gasteiger partial charge in [0.1, 0.15) is 0 Å². The monoisotopic (exact) mass is 401 g/mol. The van der Waals surface area contributed by atoms with Crippen LogP contribution in [0, 0.1) is 0 Å². The lowest BCUT2D eigenvalue weighted by molar-refractivity contribution is 0.781. The normalized spacial score (nSPS) is 10.8. The van der Waals surface area contributed by atoms with Gasteiger partial charge in [0.15, 0.2) is 5.96 Å². The van der Waals surface area contributed by atoms with Crippen molar-refractivity contribution in [1.29, 1.82) is 0 Å². The van der Waals surface area contributed by atoms with E-state index >= 15 is 0 Å². The van der Waals surface area contributed by atoms with Gasteiger partial charge in [0.25, 0.3) is 0 Å². The first-order valence-corrected chi connectivity index (χ1v) is 6.31. The molecular weight excluding hydrogens is 384 g/mol.